The van der Waals surface area contributed by atoms with Crippen molar-refractivity contribution in [3.63, 3.8) is 0 Å². The van der Waals surface area contributed by atoms with E-state index < -0.39 is 0 Å². The lowest BCUT2D eigenvalue weighted by Gasteiger charge is -2.32. The van der Waals surface area contributed by atoms with Crippen LogP contribution in [0.1, 0.15) is 38.5 Å². The van der Waals surface area contributed by atoms with Crippen LogP contribution < -0.4 is 21.3 Å². The molecule has 1 aromatic rings. The highest BCUT2D eigenvalue weighted by Crippen LogP contribution is 2.19. The minimum Gasteiger partial charge on any atom is -0.376 e. The molecule has 2 fully saturated rings. The molecule has 27 heavy (non-hydrogen) atoms. The number of carbonyl (C=O) groups is 2. The molecule has 1 heterocycles. The van der Waals surface area contributed by atoms with Crippen molar-refractivity contribution >= 4 is 17.7 Å². The zero-order valence-corrected chi connectivity index (χ0v) is 15.3. The molecule has 0 spiro atoms. The molecule has 7 nitrogen and oxygen atoms in total. The quantitative estimate of drug-likeness (QED) is 0.635. The van der Waals surface area contributed by atoms with Crippen LogP contribution in [0.15, 0.2) is 24.3 Å². The lowest BCUT2D eigenvalue weighted by Crippen LogP contribution is -2.56. The molecule has 2 aliphatic rings. The van der Waals surface area contributed by atoms with Gasteiger partial charge in [-0.1, -0.05) is 12.8 Å². The summed E-state index contributed by atoms with van der Waals surface area (Å²) in [5.74, 6) is -0.355. The third-order valence-electron chi connectivity index (χ3n) is 5.02. The van der Waals surface area contributed by atoms with Gasteiger partial charge < -0.3 is 26.0 Å². The molecule has 148 valence electrons. The van der Waals surface area contributed by atoms with Crippen LogP contribution in [0.2, 0.25) is 0 Å². The molecule has 0 aromatic heterocycles. The van der Waals surface area contributed by atoms with Crippen molar-refractivity contribution in [2.75, 3.05) is 18.5 Å². The number of hydrogen-bond donors (Lipinski definition) is 4. The Morgan fingerprint density at radius 2 is 1.63 bits per heavy atom. The normalized spacial score (nSPS) is 24.9. The molecule has 1 aliphatic heterocycles. The smallest absolute Gasteiger partial charge is 0.319 e. The van der Waals surface area contributed by atoms with E-state index in [4.69, 9.17) is 4.74 Å². The Balaban J connectivity index is 1.46. The predicted molar refractivity (Wildman–Crippen MR) is 100 cm³/mol. The fourth-order valence-corrected chi connectivity index (χ4v) is 3.58. The second kappa shape index (κ2) is 9.55. The highest BCUT2D eigenvalue weighted by molar-refractivity contribution is 5.89. The van der Waals surface area contributed by atoms with Crippen LogP contribution in [0.5, 0.6) is 0 Å². The molecule has 3 unspecified atom stereocenters. The van der Waals surface area contributed by atoms with Gasteiger partial charge in [-0.15, -0.1) is 0 Å². The number of carbonyl (C=O) groups excluding carboxylic acids is 2. The first-order valence-electron chi connectivity index (χ1n) is 9.59. The third kappa shape index (κ3) is 6.09. The first-order chi connectivity index (χ1) is 13.1. The summed E-state index contributed by atoms with van der Waals surface area (Å²) >= 11 is 0. The minimum atomic E-state index is -0.361. The molecule has 1 aliphatic carbocycles. The lowest BCUT2D eigenvalue weighted by atomic mass is 9.90. The number of urea groups is 2. The Bertz CT molecular complexity index is 634. The molecule has 1 saturated carbocycles. The SMILES string of the molecule is O=C(NCC1CCCO1)NC1CCCCC1NC(=O)Nc1ccc(F)cc1. The molecule has 0 bridgehead atoms. The maximum absolute atomic E-state index is 12.9. The van der Waals surface area contributed by atoms with Gasteiger partial charge in [-0.2, -0.15) is 0 Å². The maximum atomic E-state index is 12.9. The number of halogens is 1. The highest BCUT2D eigenvalue weighted by Gasteiger charge is 2.28. The van der Waals surface area contributed by atoms with E-state index in [1.807, 2.05) is 0 Å². The van der Waals surface area contributed by atoms with E-state index in [1.165, 1.54) is 24.3 Å². The Morgan fingerprint density at radius 1 is 0.963 bits per heavy atom. The molecular formula is C19H27FN4O3. The molecule has 0 radical (unpaired) electrons. The van der Waals surface area contributed by atoms with Gasteiger partial charge in [0.05, 0.1) is 18.2 Å². The number of rotatable bonds is 5. The molecule has 4 amide bonds. The molecule has 8 heteroatoms. The second-order valence-electron chi connectivity index (χ2n) is 7.09. The second-order valence-corrected chi connectivity index (χ2v) is 7.09. The summed E-state index contributed by atoms with van der Waals surface area (Å²) in [6.07, 6.45) is 5.72. The molecular weight excluding hydrogens is 351 g/mol. The lowest BCUT2D eigenvalue weighted by molar-refractivity contribution is 0.111. The van der Waals surface area contributed by atoms with Crippen LogP contribution in [-0.4, -0.2) is 43.4 Å². The van der Waals surface area contributed by atoms with Gasteiger partial charge in [0, 0.05) is 18.8 Å². The average Bonchev–Trinajstić information content (AvgIpc) is 3.17. The van der Waals surface area contributed by atoms with Crippen molar-refractivity contribution in [1.29, 1.82) is 0 Å². The van der Waals surface area contributed by atoms with Crippen molar-refractivity contribution in [3.05, 3.63) is 30.1 Å². The molecule has 3 atom stereocenters. The standard InChI is InChI=1S/C19H27FN4O3/c20-13-7-9-14(10-8-13)22-19(26)24-17-6-2-1-5-16(17)23-18(25)21-12-15-4-3-11-27-15/h7-10,15-17H,1-6,11-12H2,(H2,21,23,25)(H2,22,24,26). The predicted octanol–water partition coefficient (Wildman–Crippen LogP) is 2.74. The zero-order chi connectivity index (χ0) is 19.1. The van der Waals surface area contributed by atoms with Gasteiger partial charge in [0.1, 0.15) is 5.82 Å². The Kier molecular flexibility index (Phi) is 6.86. The fourth-order valence-electron chi connectivity index (χ4n) is 3.58. The van der Waals surface area contributed by atoms with E-state index >= 15 is 0 Å². The van der Waals surface area contributed by atoms with Crippen molar-refractivity contribution in [2.24, 2.45) is 0 Å². The largest absolute Gasteiger partial charge is 0.376 e. The minimum absolute atomic E-state index is 0.0949. The van der Waals surface area contributed by atoms with Crippen molar-refractivity contribution in [3.8, 4) is 0 Å². The number of anilines is 1. The maximum Gasteiger partial charge on any atom is 0.319 e. The average molecular weight is 378 g/mol. The van der Waals surface area contributed by atoms with E-state index in [0.717, 1.165) is 45.1 Å². The number of nitrogens with one attached hydrogen (secondary N) is 4. The fraction of sp³-hybridized carbons (Fsp3) is 0.579. The van der Waals surface area contributed by atoms with E-state index in [9.17, 15) is 14.0 Å². The Labute approximate surface area is 158 Å². The van der Waals surface area contributed by atoms with E-state index in [-0.39, 0.29) is 36.1 Å². The summed E-state index contributed by atoms with van der Waals surface area (Å²) < 4.78 is 18.4. The topological polar surface area (TPSA) is 91.5 Å². The highest BCUT2D eigenvalue weighted by atomic mass is 19.1. The molecule has 4 N–H and O–H groups in total. The number of amides is 4. The molecule has 3 rings (SSSR count). The van der Waals surface area contributed by atoms with Gasteiger partial charge in [-0.05, 0) is 49.9 Å². The van der Waals surface area contributed by atoms with Gasteiger partial charge in [-0.3, -0.25) is 0 Å². The summed E-state index contributed by atoms with van der Waals surface area (Å²) in [4.78, 5) is 24.4. The van der Waals surface area contributed by atoms with E-state index in [1.54, 1.807) is 0 Å². The van der Waals surface area contributed by atoms with Crippen molar-refractivity contribution < 1.29 is 18.7 Å². The number of ether oxygens (including phenoxy) is 1. The summed E-state index contributed by atoms with van der Waals surface area (Å²) in [5, 5.41) is 11.4. The van der Waals surface area contributed by atoms with Crippen LogP contribution >= 0.6 is 0 Å². The number of benzene rings is 1. The third-order valence-corrected chi connectivity index (χ3v) is 5.02. The van der Waals surface area contributed by atoms with Gasteiger partial charge >= 0.3 is 12.1 Å². The Morgan fingerprint density at radius 3 is 2.26 bits per heavy atom. The van der Waals surface area contributed by atoms with Crippen LogP contribution in [0.4, 0.5) is 19.7 Å². The zero-order valence-electron chi connectivity index (χ0n) is 15.3. The van der Waals surface area contributed by atoms with Gasteiger partial charge in [0.2, 0.25) is 0 Å². The van der Waals surface area contributed by atoms with Crippen molar-refractivity contribution in [1.82, 2.24) is 16.0 Å². The molecule has 1 saturated heterocycles. The molecule has 1 aromatic carbocycles. The van der Waals surface area contributed by atoms with Gasteiger partial charge in [-0.25, -0.2) is 14.0 Å². The van der Waals surface area contributed by atoms with Crippen LogP contribution in [0, 0.1) is 5.82 Å². The number of hydrogen-bond acceptors (Lipinski definition) is 3. The van der Waals surface area contributed by atoms with E-state index in [0.29, 0.717) is 12.2 Å². The first kappa shape index (κ1) is 19.4. The first-order valence-corrected chi connectivity index (χ1v) is 9.59. The van der Waals surface area contributed by atoms with Gasteiger partial charge in [0.15, 0.2) is 0 Å². The monoisotopic (exact) mass is 378 g/mol. The van der Waals surface area contributed by atoms with E-state index in [2.05, 4.69) is 21.3 Å². The Hall–Kier alpha value is -2.35. The van der Waals surface area contributed by atoms with Gasteiger partial charge in [0.25, 0.3) is 0 Å². The van der Waals surface area contributed by atoms with Crippen LogP contribution in [-0.2, 0) is 4.74 Å². The summed E-state index contributed by atoms with van der Waals surface area (Å²) in [7, 11) is 0. The summed E-state index contributed by atoms with van der Waals surface area (Å²) in [5.41, 5.74) is 0.517. The van der Waals surface area contributed by atoms with Crippen molar-refractivity contribution in [2.45, 2.75) is 56.7 Å². The van der Waals surface area contributed by atoms with Crippen LogP contribution in [0.3, 0.4) is 0 Å². The summed E-state index contributed by atoms with van der Waals surface area (Å²) in [6, 6.07) is 4.73. The van der Waals surface area contributed by atoms with Crippen LogP contribution in [0.25, 0.3) is 0 Å². The summed E-state index contributed by atoms with van der Waals surface area (Å²) in [6.45, 7) is 1.26.